The third-order valence-electron chi connectivity index (χ3n) is 0.129. The Hall–Kier alpha value is 0.310. The Morgan fingerprint density at radius 1 is 2.00 bits per heavy atom. The van der Waals surface area contributed by atoms with Crippen molar-refractivity contribution < 1.29 is 4.74 Å². The topological polar surface area (TPSA) is 9.23 Å². The summed E-state index contributed by atoms with van der Waals surface area (Å²) < 4.78 is 4.41. The average molecular weight is 78.1 g/mol. The van der Waals surface area contributed by atoms with E-state index in [1.807, 2.05) is 0 Å². The summed E-state index contributed by atoms with van der Waals surface area (Å²) in [4.78, 5) is 0. The molecule has 26 valence electrons. The van der Waals surface area contributed by atoms with Crippen molar-refractivity contribution in [2.75, 3.05) is 13.0 Å². The Labute approximate surface area is 31.4 Å². The molecule has 4 heavy (non-hydrogen) atoms. The number of hydrogen-bond donors (Lipinski definition) is 1. The van der Waals surface area contributed by atoms with Crippen LogP contribution in [0.15, 0.2) is 0 Å². The lowest BCUT2D eigenvalue weighted by Crippen LogP contribution is -1.69. The summed E-state index contributed by atoms with van der Waals surface area (Å²) in [5, 5.41) is 0. The lowest BCUT2D eigenvalue weighted by Gasteiger charge is -1.75. The smallest absolute Gasteiger partial charge is 0.0888 e. The highest BCUT2D eigenvalue weighted by Crippen LogP contribution is 1.65. The SMILES string of the molecule is COCS. The van der Waals surface area contributed by atoms with Crippen molar-refractivity contribution >= 4 is 12.6 Å². The summed E-state index contributed by atoms with van der Waals surface area (Å²) in [5.74, 6) is 0.514. The average Bonchev–Trinajstić information content (AvgIpc) is 1.37. The molecular formula is C2H6OS. The van der Waals surface area contributed by atoms with Gasteiger partial charge in [0.05, 0.1) is 5.94 Å². The van der Waals surface area contributed by atoms with Gasteiger partial charge >= 0.3 is 0 Å². The van der Waals surface area contributed by atoms with Crippen LogP contribution in [0.25, 0.3) is 0 Å². The second kappa shape index (κ2) is 3.31. The van der Waals surface area contributed by atoms with Gasteiger partial charge in [0.1, 0.15) is 0 Å². The molecule has 1 nitrogen and oxygen atoms in total. The zero-order valence-corrected chi connectivity index (χ0v) is 3.46. The van der Waals surface area contributed by atoms with E-state index >= 15 is 0 Å². The summed E-state index contributed by atoms with van der Waals surface area (Å²) in [6, 6.07) is 0. The van der Waals surface area contributed by atoms with Crippen LogP contribution >= 0.6 is 12.6 Å². The summed E-state index contributed by atoms with van der Waals surface area (Å²) in [6.07, 6.45) is 0. The fourth-order valence-electron chi connectivity index (χ4n) is 0. The Balaban J connectivity index is 1.97. The molecule has 2 heteroatoms. The minimum Gasteiger partial charge on any atom is -0.374 e. The molecule has 0 spiro atoms. The third-order valence-corrected chi connectivity index (χ3v) is 0.387. The van der Waals surface area contributed by atoms with Crippen molar-refractivity contribution in [2.24, 2.45) is 0 Å². The van der Waals surface area contributed by atoms with Crippen molar-refractivity contribution in [2.45, 2.75) is 0 Å². The van der Waals surface area contributed by atoms with Gasteiger partial charge in [-0.25, -0.2) is 0 Å². The van der Waals surface area contributed by atoms with Crippen molar-refractivity contribution in [3.05, 3.63) is 0 Å². The van der Waals surface area contributed by atoms with E-state index in [9.17, 15) is 0 Å². The molecule has 0 rings (SSSR count). The number of hydrogen-bond acceptors (Lipinski definition) is 2. The first kappa shape index (κ1) is 4.31. The number of thiol groups is 1. The van der Waals surface area contributed by atoms with Crippen LogP contribution in [0.3, 0.4) is 0 Å². The quantitative estimate of drug-likeness (QED) is 0.355. The number of rotatable bonds is 1. The highest BCUT2D eigenvalue weighted by atomic mass is 32.1. The van der Waals surface area contributed by atoms with E-state index in [2.05, 4.69) is 17.4 Å². The van der Waals surface area contributed by atoms with E-state index < -0.39 is 0 Å². The minimum absolute atomic E-state index is 0.514. The van der Waals surface area contributed by atoms with Crippen LogP contribution in [0.4, 0.5) is 0 Å². The van der Waals surface area contributed by atoms with Gasteiger partial charge in [0.15, 0.2) is 0 Å². The fraction of sp³-hybridized carbons (Fsp3) is 1.00. The van der Waals surface area contributed by atoms with Crippen molar-refractivity contribution in [3.8, 4) is 0 Å². The third kappa shape index (κ3) is 2.31. The maximum absolute atomic E-state index is 4.41. The lowest BCUT2D eigenvalue weighted by atomic mass is 11.5. The van der Waals surface area contributed by atoms with E-state index in [0.717, 1.165) is 0 Å². The highest BCUT2D eigenvalue weighted by Gasteiger charge is 1.52. The standard InChI is InChI=1S/C2H6OS/c1-3-2-4/h4H,2H2,1H3. The van der Waals surface area contributed by atoms with E-state index in [4.69, 9.17) is 0 Å². The summed E-state index contributed by atoms with van der Waals surface area (Å²) in [5.41, 5.74) is 0. The van der Waals surface area contributed by atoms with Gasteiger partial charge in [-0.05, 0) is 0 Å². The predicted octanol–water partition coefficient (Wildman–Crippen LogP) is 0.520. The summed E-state index contributed by atoms with van der Waals surface area (Å²) in [6.45, 7) is 0. The van der Waals surface area contributed by atoms with Crippen LogP contribution in [0.1, 0.15) is 0 Å². The molecule has 0 aliphatic carbocycles. The van der Waals surface area contributed by atoms with Gasteiger partial charge in [0.25, 0.3) is 0 Å². The Kier molecular flexibility index (Phi) is 3.57. The van der Waals surface area contributed by atoms with Crippen molar-refractivity contribution in [3.63, 3.8) is 0 Å². The first-order chi connectivity index (χ1) is 1.91. The van der Waals surface area contributed by atoms with Crippen LogP contribution < -0.4 is 0 Å². The lowest BCUT2D eigenvalue weighted by molar-refractivity contribution is 0.260. The molecule has 0 amide bonds. The van der Waals surface area contributed by atoms with Gasteiger partial charge in [0.2, 0.25) is 0 Å². The number of methoxy groups -OCH3 is 1. The maximum Gasteiger partial charge on any atom is 0.0888 e. The molecule has 0 unspecified atom stereocenters. The molecule has 0 atom stereocenters. The largest absolute Gasteiger partial charge is 0.374 e. The monoisotopic (exact) mass is 78.0 g/mol. The normalized spacial score (nSPS) is 7.50. The molecule has 0 aliphatic heterocycles. The first-order valence-electron chi connectivity index (χ1n) is 1.01. The van der Waals surface area contributed by atoms with E-state index in [1.165, 1.54) is 0 Å². The van der Waals surface area contributed by atoms with Gasteiger partial charge in [-0.1, -0.05) is 0 Å². The van der Waals surface area contributed by atoms with Gasteiger partial charge in [0, 0.05) is 7.11 Å². The van der Waals surface area contributed by atoms with Crippen LogP contribution in [-0.2, 0) is 4.74 Å². The van der Waals surface area contributed by atoms with Crippen LogP contribution in [0.2, 0.25) is 0 Å². The molecule has 0 radical (unpaired) electrons. The van der Waals surface area contributed by atoms with Gasteiger partial charge in [-0.15, -0.1) is 0 Å². The Morgan fingerprint density at radius 2 is 2.25 bits per heavy atom. The molecule has 0 heterocycles. The number of ether oxygens (including phenoxy) is 1. The molecule has 0 N–H and O–H groups in total. The van der Waals surface area contributed by atoms with Crippen molar-refractivity contribution in [1.29, 1.82) is 0 Å². The molecule has 0 fully saturated rings. The van der Waals surface area contributed by atoms with Crippen molar-refractivity contribution in [1.82, 2.24) is 0 Å². The molecule has 0 saturated carbocycles. The summed E-state index contributed by atoms with van der Waals surface area (Å²) in [7, 11) is 1.60. The van der Waals surface area contributed by atoms with E-state index in [-0.39, 0.29) is 0 Å². The maximum atomic E-state index is 4.41. The molecule has 0 aromatic rings. The van der Waals surface area contributed by atoms with E-state index in [0.29, 0.717) is 5.94 Å². The Bertz CT molecular complexity index is 8.00. The zero-order valence-electron chi connectivity index (χ0n) is 2.56. The molecule has 0 bridgehead atoms. The first-order valence-corrected chi connectivity index (χ1v) is 1.65. The predicted molar refractivity (Wildman–Crippen MR) is 20.9 cm³/mol. The fourth-order valence-corrected chi connectivity index (χ4v) is 0. The van der Waals surface area contributed by atoms with Gasteiger partial charge in [-0.3, -0.25) is 0 Å². The van der Waals surface area contributed by atoms with Crippen LogP contribution in [0.5, 0.6) is 0 Å². The molecular weight excluding hydrogens is 72.1 g/mol. The highest BCUT2D eigenvalue weighted by molar-refractivity contribution is 7.80. The molecule has 0 aliphatic rings. The second-order valence-corrected chi connectivity index (χ2v) is 0.676. The van der Waals surface area contributed by atoms with Crippen LogP contribution in [-0.4, -0.2) is 13.0 Å². The van der Waals surface area contributed by atoms with Gasteiger partial charge < -0.3 is 4.74 Å². The second-order valence-electron chi connectivity index (χ2n) is 0.418. The Morgan fingerprint density at radius 3 is 2.25 bits per heavy atom. The van der Waals surface area contributed by atoms with E-state index in [1.54, 1.807) is 7.11 Å². The minimum atomic E-state index is 0.514. The molecule has 0 aromatic heterocycles. The molecule has 0 aromatic carbocycles. The zero-order chi connectivity index (χ0) is 3.41. The van der Waals surface area contributed by atoms with Gasteiger partial charge in [-0.2, -0.15) is 12.6 Å². The summed E-state index contributed by atoms with van der Waals surface area (Å²) >= 11 is 3.70. The molecule has 0 saturated heterocycles. The van der Waals surface area contributed by atoms with Crippen LogP contribution in [0, 0.1) is 0 Å².